The number of pyridine rings is 1. The van der Waals surface area contributed by atoms with Crippen molar-refractivity contribution in [2.24, 2.45) is 0 Å². The van der Waals surface area contributed by atoms with Gasteiger partial charge in [0.15, 0.2) is 0 Å². The van der Waals surface area contributed by atoms with Crippen LogP contribution in [0.5, 0.6) is 0 Å². The van der Waals surface area contributed by atoms with Gasteiger partial charge < -0.3 is 9.64 Å². The Morgan fingerprint density at radius 3 is 2.90 bits per heavy atom. The average Bonchev–Trinajstić information content (AvgIpc) is 2.97. The minimum Gasteiger partial charge on any atom is -0.379 e. The SMILES string of the molecule is N#Cc1cc(Br)cnc1N1CCC(N2CCOCC2)C1. The van der Waals surface area contributed by atoms with Crippen molar-refractivity contribution in [3.8, 4) is 6.07 Å². The Bertz CT molecular complexity index is 524. The first-order valence-corrected chi connectivity index (χ1v) is 7.69. The van der Waals surface area contributed by atoms with Crippen molar-refractivity contribution < 1.29 is 4.74 Å². The van der Waals surface area contributed by atoms with Gasteiger partial charge in [-0.1, -0.05) is 0 Å². The van der Waals surface area contributed by atoms with E-state index in [4.69, 9.17) is 4.74 Å². The molecule has 0 N–H and O–H groups in total. The highest BCUT2D eigenvalue weighted by Gasteiger charge is 2.30. The molecule has 0 saturated carbocycles. The Hall–Kier alpha value is -1.16. The summed E-state index contributed by atoms with van der Waals surface area (Å²) in [6, 6.07) is 4.63. The number of hydrogen-bond acceptors (Lipinski definition) is 5. The second kappa shape index (κ2) is 6.08. The van der Waals surface area contributed by atoms with Crippen LogP contribution in [0.2, 0.25) is 0 Å². The molecule has 0 bridgehead atoms. The first-order valence-electron chi connectivity index (χ1n) is 6.90. The lowest BCUT2D eigenvalue weighted by Crippen LogP contribution is -2.44. The molecule has 1 unspecified atom stereocenters. The number of nitriles is 1. The Kier molecular flexibility index (Phi) is 4.20. The number of rotatable bonds is 2. The summed E-state index contributed by atoms with van der Waals surface area (Å²) in [6.45, 7) is 5.59. The Balaban J connectivity index is 1.72. The lowest BCUT2D eigenvalue weighted by atomic mass is 10.2. The van der Waals surface area contributed by atoms with Gasteiger partial charge in [-0.3, -0.25) is 4.90 Å². The molecule has 2 aliphatic heterocycles. The molecule has 6 heteroatoms. The van der Waals surface area contributed by atoms with E-state index < -0.39 is 0 Å². The summed E-state index contributed by atoms with van der Waals surface area (Å²) >= 11 is 3.37. The molecular formula is C14H17BrN4O. The van der Waals surface area contributed by atoms with E-state index in [0.29, 0.717) is 11.6 Å². The van der Waals surface area contributed by atoms with Crippen LogP contribution in [0.3, 0.4) is 0 Å². The third kappa shape index (κ3) is 2.80. The van der Waals surface area contributed by atoms with Gasteiger partial charge in [0.2, 0.25) is 0 Å². The van der Waals surface area contributed by atoms with Gasteiger partial charge in [0.1, 0.15) is 11.9 Å². The molecule has 0 aromatic carbocycles. The van der Waals surface area contributed by atoms with Crippen LogP contribution in [0.1, 0.15) is 12.0 Å². The molecule has 0 amide bonds. The van der Waals surface area contributed by atoms with Crippen molar-refractivity contribution in [2.45, 2.75) is 12.5 Å². The normalized spacial score (nSPS) is 23.8. The van der Waals surface area contributed by atoms with Gasteiger partial charge in [0.25, 0.3) is 0 Å². The van der Waals surface area contributed by atoms with Gasteiger partial charge >= 0.3 is 0 Å². The third-order valence-corrected chi connectivity index (χ3v) is 4.41. The van der Waals surface area contributed by atoms with Crippen molar-refractivity contribution in [3.63, 3.8) is 0 Å². The average molecular weight is 337 g/mol. The lowest BCUT2D eigenvalue weighted by molar-refractivity contribution is 0.0209. The van der Waals surface area contributed by atoms with Gasteiger partial charge in [-0.25, -0.2) is 4.98 Å². The van der Waals surface area contributed by atoms with Crippen LogP contribution in [0.25, 0.3) is 0 Å². The number of ether oxygens (including phenoxy) is 1. The van der Waals surface area contributed by atoms with Gasteiger partial charge in [-0.15, -0.1) is 0 Å². The fourth-order valence-electron chi connectivity index (χ4n) is 2.94. The molecule has 3 heterocycles. The second-order valence-electron chi connectivity index (χ2n) is 5.17. The minimum atomic E-state index is 0.552. The van der Waals surface area contributed by atoms with E-state index in [1.807, 2.05) is 6.07 Å². The van der Waals surface area contributed by atoms with Crippen molar-refractivity contribution >= 4 is 21.7 Å². The summed E-state index contributed by atoms with van der Waals surface area (Å²) in [5.41, 5.74) is 0.641. The third-order valence-electron chi connectivity index (χ3n) is 3.98. The summed E-state index contributed by atoms with van der Waals surface area (Å²) in [5.74, 6) is 0.812. The minimum absolute atomic E-state index is 0.552. The molecule has 1 aromatic rings. The monoisotopic (exact) mass is 336 g/mol. The molecule has 20 heavy (non-hydrogen) atoms. The molecule has 0 radical (unpaired) electrons. The van der Waals surface area contributed by atoms with Crippen LogP contribution in [0, 0.1) is 11.3 Å². The molecule has 0 aliphatic carbocycles. The summed E-state index contributed by atoms with van der Waals surface area (Å²) in [7, 11) is 0. The van der Waals surface area contributed by atoms with Crippen LogP contribution in [-0.4, -0.2) is 55.3 Å². The van der Waals surface area contributed by atoms with Crippen LogP contribution < -0.4 is 4.90 Å². The molecule has 2 saturated heterocycles. The zero-order chi connectivity index (χ0) is 13.9. The fourth-order valence-corrected chi connectivity index (χ4v) is 3.27. The van der Waals surface area contributed by atoms with Crippen LogP contribution in [-0.2, 0) is 4.74 Å². The van der Waals surface area contributed by atoms with Crippen molar-refractivity contribution in [3.05, 3.63) is 22.3 Å². The molecule has 1 atom stereocenters. The molecule has 3 rings (SSSR count). The van der Waals surface area contributed by atoms with Gasteiger partial charge in [0.05, 0.1) is 18.8 Å². The summed E-state index contributed by atoms with van der Waals surface area (Å²) in [5, 5.41) is 9.25. The molecule has 5 nitrogen and oxygen atoms in total. The van der Waals surface area contributed by atoms with E-state index in [1.54, 1.807) is 6.20 Å². The number of aromatic nitrogens is 1. The Labute approximate surface area is 127 Å². The highest BCUT2D eigenvalue weighted by Crippen LogP contribution is 2.26. The molecular weight excluding hydrogens is 320 g/mol. The predicted molar refractivity (Wildman–Crippen MR) is 79.7 cm³/mol. The highest BCUT2D eigenvalue weighted by molar-refractivity contribution is 9.10. The number of morpholine rings is 1. The number of nitrogens with zero attached hydrogens (tertiary/aromatic N) is 4. The summed E-state index contributed by atoms with van der Waals surface area (Å²) < 4.78 is 6.25. The van der Waals surface area contributed by atoms with E-state index in [-0.39, 0.29) is 0 Å². The maximum absolute atomic E-state index is 9.25. The van der Waals surface area contributed by atoms with E-state index >= 15 is 0 Å². The maximum atomic E-state index is 9.25. The lowest BCUT2D eigenvalue weighted by Gasteiger charge is -2.32. The fraction of sp³-hybridized carbons (Fsp3) is 0.571. The molecule has 1 aromatic heterocycles. The zero-order valence-electron chi connectivity index (χ0n) is 11.3. The van der Waals surface area contributed by atoms with E-state index in [0.717, 1.165) is 56.1 Å². The van der Waals surface area contributed by atoms with Gasteiger partial charge in [-0.2, -0.15) is 5.26 Å². The van der Waals surface area contributed by atoms with Crippen LogP contribution in [0.4, 0.5) is 5.82 Å². The maximum Gasteiger partial charge on any atom is 0.146 e. The van der Waals surface area contributed by atoms with E-state index in [1.165, 1.54) is 0 Å². The number of hydrogen-bond donors (Lipinski definition) is 0. The number of anilines is 1. The first-order chi connectivity index (χ1) is 9.78. The predicted octanol–water partition coefficient (Wildman–Crippen LogP) is 1.63. The number of halogens is 1. The van der Waals surface area contributed by atoms with Gasteiger partial charge in [-0.05, 0) is 28.4 Å². The van der Waals surface area contributed by atoms with Crippen molar-refractivity contribution in [1.82, 2.24) is 9.88 Å². The topological polar surface area (TPSA) is 52.4 Å². The summed E-state index contributed by atoms with van der Waals surface area (Å²) in [6.07, 6.45) is 2.89. The van der Waals surface area contributed by atoms with E-state index in [9.17, 15) is 5.26 Å². The standard InChI is InChI=1S/C14H17BrN4O/c15-12-7-11(8-16)14(17-9-12)19-2-1-13(10-19)18-3-5-20-6-4-18/h7,9,13H,1-6,10H2. The molecule has 106 valence electrons. The molecule has 2 aliphatic rings. The quantitative estimate of drug-likeness (QED) is 0.821. The van der Waals surface area contributed by atoms with E-state index in [2.05, 4.69) is 36.8 Å². The Morgan fingerprint density at radius 1 is 1.35 bits per heavy atom. The summed E-state index contributed by atoms with van der Waals surface area (Å²) in [4.78, 5) is 9.15. The molecule has 0 spiro atoms. The first kappa shape index (κ1) is 13.8. The van der Waals surface area contributed by atoms with Gasteiger partial charge in [0, 0.05) is 42.9 Å². The van der Waals surface area contributed by atoms with Crippen molar-refractivity contribution in [2.75, 3.05) is 44.3 Å². The largest absolute Gasteiger partial charge is 0.379 e. The zero-order valence-corrected chi connectivity index (χ0v) is 12.8. The highest BCUT2D eigenvalue weighted by atomic mass is 79.9. The van der Waals surface area contributed by atoms with Crippen molar-refractivity contribution in [1.29, 1.82) is 5.26 Å². The smallest absolute Gasteiger partial charge is 0.146 e. The molecule has 2 fully saturated rings. The van der Waals surface area contributed by atoms with Crippen LogP contribution >= 0.6 is 15.9 Å². The second-order valence-corrected chi connectivity index (χ2v) is 6.09. The van der Waals surface area contributed by atoms with Crippen LogP contribution in [0.15, 0.2) is 16.7 Å². The Morgan fingerprint density at radius 2 is 2.15 bits per heavy atom.